The molecule has 0 radical (unpaired) electrons. The van der Waals surface area contributed by atoms with Crippen molar-refractivity contribution < 1.29 is 28.6 Å². The van der Waals surface area contributed by atoms with E-state index in [4.69, 9.17) is 14.2 Å². The number of esters is 3. The largest absolute Gasteiger partial charge is 0.462 e. The third-order valence-corrected chi connectivity index (χ3v) is 13.4. The molecule has 6 heteroatoms. The van der Waals surface area contributed by atoms with E-state index in [0.29, 0.717) is 19.3 Å². The summed E-state index contributed by atoms with van der Waals surface area (Å²) in [5.41, 5.74) is 0. The number of carbonyl (C=O) groups excluding carboxylic acids is 3. The maximum atomic E-state index is 12.9. The van der Waals surface area contributed by atoms with Gasteiger partial charge in [0.25, 0.3) is 0 Å². The minimum Gasteiger partial charge on any atom is -0.462 e. The molecule has 0 aromatic carbocycles. The van der Waals surface area contributed by atoms with E-state index in [1.807, 2.05) is 0 Å². The Morgan fingerprint density at radius 3 is 0.849 bits per heavy atom. The first-order valence-corrected chi connectivity index (χ1v) is 31.1. The second-order valence-electron chi connectivity index (χ2n) is 20.6. The molecule has 0 bridgehead atoms. The standard InChI is InChI=1S/C67H116O6/c1-4-7-10-13-16-19-22-25-28-29-30-31-32-33-34-35-36-37-38-39-40-43-45-48-51-54-57-60-66(69)72-63-64(73-67(70)61-58-55-52-49-46-42-27-24-21-18-15-12-9-6-3)62-71-65(68)59-56-53-50-47-44-41-26-23-20-17-14-11-8-5-2/h7,10,16,19,24-25,27-28,30-31,33-34,36-37,64H,4-6,8-9,11-15,17-18,20-23,26,29,32,35,38-63H2,1-3H3/b10-7-,19-16-,27-24-,28-25-,31-30-,34-33-,37-36-. The molecule has 0 heterocycles. The van der Waals surface area contributed by atoms with Crippen LogP contribution in [0.4, 0.5) is 0 Å². The van der Waals surface area contributed by atoms with Crippen LogP contribution in [0.1, 0.15) is 303 Å². The Bertz CT molecular complexity index is 1400. The van der Waals surface area contributed by atoms with Crippen LogP contribution in [-0.4, -0.2) is 37.2 Å². The van der Waals surface area contributed by atoms with E-state index in [1.165, 1.54) is 148 Å². The first kappa shape index (κ1) is 69.6. The lowest BCUT2D eigenvalue weighted by molar-refractivity contribution is -0.167. The third-order valence-electron chi connectivity index (χ3n) is 13.4. The summed E-state index contributed by atoms with van der Waals surface area (Å²) >= 11 is 0. The van der Waals surface area contributed by atoms with Crippen LogP contribution in [0.5, 0.6) is 0 Å². The van der Waals surface area contributed by atoms with Gasteiger partial charge < -0.3 is 14.2 Å². The fourth-order valence-corrected chi connectivity index (χ4v) is 8.74. The van der Waals surface area contributed by atoms with Gasteiger partial charge in [0.1, 0.15) is 13.2 Å². The summed E-state index contributed by atoms with van der Waals surface area (Å²) in [5, 5.41) is 0. The van der Waals surface area contributed by atoms with Gasteiger partial charge in [0, 0.05) is 19.3 Å². The fourth-order valence-electron chi connectivity index (χ4n) is 8.74. The molecule has 0 aliphatic heterocycles. The van der Waals surface area contributed by atoms with Crippen molar-refractivity contribution >= 4 is 17.9 Å². The first-order valence-electron chi connectivity index (χ1n) is 31.1. The van der Waals surface area contributed by atoms with Crippen molar-refractivity contribution in [3.8, 4) is 0 Å². The molecule has 0 spiro atoms. The number of hydrogen-bond donors (Lipinski definition) is 0. The molecule has 1 atom stereocenters. The summed E-state index contributed by atoms with van der Waals surface area (Å²) in [6, 6.07) is 0. The smallest absolute Gasteiger partial charge is 0.306 e. The molecule has 0 aliphatic carbocycles. The van der Waals surface area contributed by atoms with E-state index in [0.717, 1.165) is 116 Å². The van der Waals surface area contributed by atoms with E-state index in [2.05, 4.69) is 106 Å². The van der Waals surface area contributed by atoms with Gasteiger partial charge in [0.15, 0.2) is 6.10 Å². The molecule has 0 aromatic rings. The van der Waals surface area contributed by atoms with Crippen molar-refractivity contribution in [1.29, 1.82) is 0 Å². The first-order chi connectivity index (χ1) is 36.0. The van der Waals surface area contributed by atoms with Crippen LogP contribution in [0.3, 0.4) is 0 Å². The molecule has 0 fully saturated rings. The van der Waals surface area contributed by atoms with Gasteiger partial charge in [0.2, 0.25) is 0 Å². The van der Waals surface area contributed by atoms with Crippen LogP contribution in [0, 0.1) is 0 Å². The van der Waals surface area contributed by atoms with E-state index < -0.39 is 6.10 Å². The van der Waals surface area contributed by atoms with Crippen LogP contribution in [0.2, 0.25) is 0 Å². The highest BCUT2D eigenvalue weighted by atomic mass is 16.6. The van der Waals surface area contributed by atoms with Crippen LogP contribution >= 0.6 is 0 Å². The number of ether oxygens (including phenoxy) is 3. The second-order valence-corrected chi connectivity index (χ2v) is 20.6. The Morgan fingerprint density at radius 1 is 0.288 bits per heavy atom. The Labute approximate surface area is 452 Å². The molecule has 0 saturated heterocycles. The Balaban J connectivity index is 4.30. The van der Waals surface area contributed by atoms with Gasteiger partial charge in [-0.3, -0.25) is 14.4 Å². The summed E-state index contributed by atoms with van der Waals surface area (Å²) < 4.78 is 16.9. The molecule has 420 valence electrons. The quantitative estimate of drug-likeness (QED) is 0.0261. The van der Waals surface area contributed by atoms with Gasteiger partial charge in [-0.15, -0.1) is 0 Å². The number of carbonyl (C=O) groups is 3. The Kier molecular flexibility index (Phi) is 58.3. The zero-order valence-corrected chi connectivity index (χ0v) is 48.1. The number of unbranched alkanes of at least 4 members (excludes halogenated alkanes) is 31. The molecule has 73 heavy (non-hydrogen) atoms. The predicted molar refractivity (Wildman–Crippen MR) is 316 cm³/mol. The highest BCUT2D eigenvalue weighted by molar-refractivity contribution is 5.71. The van der Waals surface area contributed by atoms with Crippen LogP contribution in [0.15, 0.2) is 85.1 Å². The molecule has 0 N–H and O–H groups in total. The highest BCUT2D eigenvalue weighted by Crippen LogP contribution is 2.16. The lowest BCUT2D eigenvalue weighted by Crippen LogP contribution is -2.30. The van der Waals surface area contributed by atoms with Crippen molar-refractivity contribution in [3.05, 3.63) is 85.1 Å². The average Bonchev–Trinajstić information content (AvgIpc) is 3.39. The van der Waals surface area contributed by atoms with E-state index in [1.54, 1.807) is 0 Å². The van der Waals surface area contributed by atoms with Crippen LogP contribution in [0.25, 0.3) is 0 Å². The van der Waals surface area contributed by atoms with Gasteiger partial charge in [0.05, 0.1) is 0 Å². The Hall–Kier alpha value is -3.41. The molecule has 1 unspecified atom stereocenters. The number of rotatable bonds is 56. The lowest BCUT2D eigenvalue weighted by Gasteiger charge is -2.18. The molecule has 0 saturated carbocycles. The SMILES string of the molecule is CC/C=C\C/C=C\C/C=C\C/C=C\C/C=C\C/C=C\CCCCCCCCCCC(=O)OCC(COC(=O)CCCCCCCCCCCCCCCC)OC(=O)CCCCCCC/C=C\CCCCCCC. The van der Waals surface area contributed by atoms with Gasteiger partial charge in [-0.05, 0) is 96.3 Å². The topological polar surface area (TPSA) is 78.9 Å². The second kappa shape index (κ2) is 61.1. The maximum Gasteiger partial charge on any atom is 0.306 e. The minimum atomic E-state index is -0.783. The van der Waals surface area contributed by atoms with Gasteiger partial charge >= 0.3 is 17.9 Å². The summed E-state index contributed by atoms with van der Waals surface area (Å²) in [5.74, 6) is -0.885. The van der Waals surface area contributed by atoms with Crippen molar-refractivity contribution in [2.24, 2.45) is 0 Å². The van der Waals surface area contributed by atoms with Gasteiger partial charge in [-0.25, -0.2) is 0 Å². The number of allylic oxidation sites excluding steroid dienone is 14. The summed E-state index contributed by atoms with van der Waals surface area (Å²) in [6.45, 7) is 6.53. The molecular weight excluding hydrogens is 901 g/mol. The molecular formula is C67H116O6. The van der Waals surface area contributed by atoms with Gasteiger partial charge in [-0.2, -0.15) is 0 Å². The van der Waals surface area contributed by atoms with E-state index in [9.17, 15) is 14.4 Å². The molecule has 0 amide bonds. The molecule has 0 rings (SSSR count). The maximum absolute atomic E-state index is 12.9. The monoisotopic (exact) mass is 1020 g/mol. The zero-order valence-electron chi connectivity index (χ0n) is 48.1. The van der Waals surface area contributed by atoms with Gasteiger partial charge in [-0.1, -0.05) is 273 Å². The third kappa shape index (κ3) is 59.3. The minimum absolute atomic E-state index is 0.0793. The lowest BCUT2D eigenvalue weighted by atomic mass is 10.0. The van der Waals surface area contributed by atoms with E-state index in [-0.39, 0.29) is 31.1 Å². The van der Waals surface area contributed by atoms with Crippen molar-refractivity contribution in [2.45, 2.75) is 309 Å². The van der Waals surface area contributed by atoms with Crippen LogP contribution < -0.4 is 0 Å². The Morgan fingerprint density at radius 2 is 0.534 bits per heavy atom. The summed E-state index contributed by atoms with van der Waals surface area (Å²) in [7, 11) is 0. The molecule has 0 aromatic heterocycles. The predicted octanol–water partition coefficient (Wildman–Crippen LogP) is 21.1. The summed E-state index contributed by atoms with van der Waals surface area (Å²) in [4.78, 5) is 38.2. The highest BCUT2D eigenvalue weighted by Gasteiger charge is 2.19. The normalized spacial score (nSPS) is 12.6. The molecule has 6 nitrogen and oxygen atoms in total. The van der Waals surface area contributed by atoms with Crippen molar-refractivity contribution in [3.63, 3.8) is 0 Å². The fraction of sp³-hybridized carbons (Fsp3) is 0.746. The zero-order chi connectivity index (χ0) is 52.9. The van der Waals surface area contributed by atoms with Crippen molar-refractivity contribution in [2.75, 3.05) is 13.2 Å². The van der Waals surface area contributed by atoms with Crippen molar-refractivity contribution in [1.82, 2.24) is 0 Å². The van der Waals surface area contributed by atoms with E-state index >= 15 is 0 Å². The van der Waals surface area contributed by atoms with Crippen LogP contribution in [-0.2, 0) is 28.6 Å². The summed E-state index contributed by atoms with van der Waals surface area (Å²) in [6.07, 6.45) is 80.1. The molecule has 0 aliphatic rings. The average molecular weight is 1020 g/mol. The number of hydrogen-bond acceptors (Lipinski definition) is 6.